The number of nitrogens with zero attached hydrogens (tertiary/aromatic N) is 1. The van der Waals surface area contributed by atoms with Crippen LogP contribution in [0.5, 0.6) is 0 Å². The predicted octanol–water partition coefficient (Wildman–Crippen LogP) is 1.32. The van der Waals surface area contributed by atoms with E-state index in [0.29, 0.717) is 30.8 Å². The van der Waals surface area contributed by atoms with E-state index < -0.39 is 0 Å². The molecule has 1 N–H and O–H groups in total. The molecule has 19 heavy (non-hydrogen) atoms. The van der Waals surface area contributed by atoms with Gasteiger partial charge in [-0.05, 0) is 38.5 Å². The van der Waals surface area contributed by atoms with Crippen LogP contribution in [0.4, 0.5) is 0 Å². The van der Waals surface area contributed by atoms with Crippen molar-refractivity contribution < 1.29 is 9.59 Å². The lowest BCUT2D eigenvalue weighted by molar-refractivity contribution is -0.130. The number of carbonyl (C=O) groups excluding carboxylic acids is 2. The van der Waals surface area contributed by atoms with Crippen molar-refractivity contribution in [3.8, 4) is 0 Å². The van der Waals surface area contributed by atoms with E-state index in [1.165, 1.54) is 6.42 Å². The highest BCUT2D eigenvalue weighted by Crippen LogP contribution is 2.39. The fourth-order valence-corrected chi connectivity index (χ4v) is 3.65. The van der Waals surface area contributed by atoms with E-state index in [1.807, 2.05) is 18.7 Å². The van der Waals surface area contributed by atoms with Crippen molar-refractivity contribution in [3.05, 3.63) is 12.2 Å². The zero-order chi connectivity index (χ0) is 13.6. The van der Waals surface area contributed by atoms with E-state index in [2.05, 4.69) is 17.5 Å². The summed E-state index contributed by atoms with van der Waals surface area (Å²) in [5.41, 5.74) is 0. The van der Waals surface area contributed by atoms with E-state index in [1.54, 1.807) is 0 Å². The quantitative estimate of drug-likeness (QED) is 0.780. The van der Waals surface area contributed by atoms with Crippen molar-refractivity contribution in [1.29, 1.82) is 0 Å². The van der Waals surface area contributed by atoms with Gasteiger partial charge in [-0.3, -0.25) is 9.59 Å². The summed E-state index contributed by atoms with van der Waals surface area (Å²) in [6.07, 6.45) is 7.14. The van der Waals surface area contributed by atoms with Gasteiger partial charge in [0.25, 0.3) is 0 Å². The van der Waals surface area contributed by atoms with E-state index >= 15 is 0 Å². The van der Waals surface area contributed by atoms with Crippen molar-refractivity contribution in [2.75, 3.05) is 6.54 Å². The molecule has 1 saturated carbocycles. The third-order valence-electron chi connectivity index (χ3n) is 4.76. The lowest BCUT2D eigenvalue weighted by Gasteiger charge is -2.23. The largest absolute Gasteiger partial charge is 0.352 e. The maximum atomic E-state index is 12.3. The number of hydrogen-bond acceptors (Lipinski definition) is 2. The van der Waals surface area contributed by atoms with Crippen LogP contribution in [0.15, 0.2) is 12.2 Å². The normalized spacial score (nSPS) is 36.6. The Kier molecular flexibility index (Phi) is 3.11. The summed E-state index contributed by atoms with van der Waals surface area (Å²) in [4.78, 5) is 25.9. The molecule has 4 atom stereocenters. The standard InChI is InChI=1S/C15H22N2O2/c1-9(2)17-8-12(7-14(17)18)15(19)16-13-6-10-3-4-11(13)5-10/h3-4,9-13H,5-8H2,1-2H3,(H,16,19). The summed E-state index contributed by atoms with van der Waals surface area (Å²) in [6.45, 7) is 4.58. The van der Waals surface area contributed by atoms with Gasteiger partial charge < -0.3 is 10.2 Å². The van der Waals surface area contributed by atoms with Crippen molar-refractivity contribution >= 4 is 11.8 Å². The van der Waals surface area contributed by atoms with Gasteiger partial charge >= 0.3 is 0 Å². The molecular weight excluding hydrogens is 240 g/mol. The van der Waals surface area contributed by atoms with Crippen molar-refractivity contribution in [2.45, 2.75) is 45.2 Å². The molecule has 0 aromatic carbocycles. The number of nitrogens with one attached hydrogen (secondary N) is 1. The van der Waals surface area contributed by atoms with E-state index in [9.17, 15) is 9.59 Å². The van der Waals surface area contributed by atoms with Crippen molar-refractivity contribution in [2.24, 2.45) is 17.8 Å². The molecule has 4 heteroatoms. The van der Waals surface area contributed by atoms with Gasteiger partial charge in [0.15, 0.2) is 0 Å². The minimum atomic E-state index is -0.155. The number of fused-ring (bicyclic) bond motifs is 2. The first-order valence-corrected chi connectivity index (χ1v) is 7.32. The number of hydrogen-bond donors (Lipinski definition) is 1. The summed E-state index contributed by atoms with van der Waals surface area (Å²) >= 11 is 0. The van der Waals surface area contributed by atoms with Crippen LogP contribution in [0, 0.1) is 17.8 Å². The smallest absolute Gasteiger partial charge is 0.225 e. The Morgan fingerprint density at radius 3 is 2.68 bits per heavy atom. The second-order valence-electron chi connectivity index (χ2n) is 6.44. The molecule has 1 aliphatic heterocycles. The highest BCUT2D eigenvalue weighted by molar-refractivity contribution is 5.89. The highest BCUT2D eigenvalue weighted by atomic mass is 16.2. The zero-order valence-corrected chi connectivity index (χ0v) is 11.6. The minimum absolute atomic E-state index is 0.0717. The molecule has 2 amide bonds. The molecule has 0 aromatic heterocycles. The average Bonchev–Trinajstić information content (AvgIpc) is 3.02. The lowest BCUT2D eigenvalue weighted by atomic mass is 10.00. The van der Waals surface area contributed by atoms with Gasteiger partial charge in [-0.25, -0.2) is 0 Å². The molecule has 104 valence electrons. The molecule has 4 unspecified atom stereocenters. The van der Waals surface area contributed by atoms with Gasteiger partial charge in [0.05, 0.1) is 5.92 Å². The molecule has 3 aliphatic rings. The summed E-state index contributed by atoms with van der Waals surface area (Å²) in [7, 11) is 0. The number of rotatable bonds is 3. The molecule has 0 aromatic rings. The zero-order valence-electron chi connectivity index (χ0n) is 11.6. The summed E-state index contributed by atoms with van der Waals surface area (Å²) in [5, 5.41) is 3.16. The first-order chi connectivity index (χ1) is 9.04. The molecule has 2 aliphatic carbocycles. The molecule has 1 saturated heterocycles. The third kappa shape index (κ3) is 2.28. The maximum Gasteiger partial charge on any atom is 0.225 e. The van der Waals surface area contributed by atoms with Gasteiger partial charge in [0.2, 0.25) is 11.8 Å². The van der Waals surface area contributed by atoms with E-state index in [-0.39, 0.29) is 23.8 Å². The van der Waals surface area contributed by atoms with Crippen LogP contribution in [0.25, 0.3) is 0 Å². The monoisotopic (exact) mass is 262 g/mol. The molecule has 4 nitrogen and oxygen atoms in total. The number of amides is 2. The van der Waals surface area contributed by atoms with Gasteiger partial charge in [-0.1, -0.05) is 12.2 Å². The third-order valence-corrected chi connectivity index (χ3v) is 4.76. The second kappa shape index (κ2) is 4.66. The molecular formula is C15H22N2O2. The summed E-state index contributed by atoms with van der Waals surface area (Å²) in [6, 6.07) is 0.487. The molecule has 0 spiro atoms. The fraction of sp³-hybridized carbons (Fsp3) is 0.733. The Morgan fingerprint density at radius 1 is 1.37 bits per heavy atom. The first kappa shape index (κ1) is 12.7. The SMILES string of the molecule is CC(C)N1CC(C(=O)NC2CC3C=CC2C3)CC1=O. The van der Waals surface area contributed by atoms with Crippen LogP contribution in [0.2, 0.25) is 0 Å². The Balaban J connectivity index is 1.57. The van der Waals surface area contributed by atoms with Crippen LogP contribution in [0.1, 0.15) is 33.1 Å². The fourth-order valence-electron chi connectivity index (χ4n) is 3.65. The van der Waals surface area contributed by atoms with Crippen molar-refractivity contribution in [1.82, 2.24) is 10.2 Å². The summed E-state index contributed by atoms with van der Waals surface area (Å²) < 4.78 is 0. The van der Waals surface area contributed by atoms with Gasteiger partial charge in [0, 0.05) is 25.0 Å². The number of likely N-dealkylation sites (tertiary alicyclic amines) is 1. The lowest BCUT2D eigenvalue weighted by Crippen LogP contribution is -2.42. The van der Waals surface area contributed by atoms with E-state index in [4.69, 9.17) is 0 Å². The van der Waals surface area contributed by atoms with Crippen LogP contribution >= 0.6 is 0 Å². The second-order valence-corrected chi connectivity index (χ2v) is 6.44. The summed E-state index contributed by atoms with van der Waals surface area (Å²) in [5.74, 6) is 1.21. The minimum Gasteiger partial charge on any atom is -0.352 e. The van der Waals surface area contributed by atoms with Crippen LogP contribution < -0.4 is 5.32 Å². The van der Waals surface area contributed by atoms with E-state index in [0.717, 1.165) is 6.42 Å². The number of allylic oxidation sites excluding steroid dienone is 1. The number of carbonyl (C=O) groups is 2. The van der Waals surface area contributed by atoms with Crippen LogP contribution in [-0.2, 0) is 9.59 Å². The van der Waals surface area contributed by atoms with Crippen LogP contribution in [-0.4, -0.2) is 35.3 Å². The maximum absolute atomic E-state index is 12.3. The molecule has 2 bridgehead atoms. The topological polar surface area (TPSA) is 49.4 Å². The molecule has 2 fully saturated rings. The molecule has 0 radical (unpaired) electrons. The Labute approximate surface area is 114 Å². The van der Waals surface area contributed by atoms with Gasteiger partial charge in [0.1, 0.15) is 0 Å². The average molecular weight is 262 g/mol. The van der Waals surface area contributed by atoms with Gasteiger partial charge in [-0.15, -0.1) is 0 Å². The van der Waals surface area contributed by atoms with Crippen LogP contribution in [0.3, 0.4) is 0 Å². The highest BCUT2D eigenvalue weighted by Gasteiger charge is 2.40. The van der Waals surface area contributed by atoms with Crippen molar-refractivity contribution in [3.63, 3.8) is 0 Å². The Morgan fingerprint density at radius 2 is 2.16 bits per heavy atom. The Hall–Kier alpha value is -1.32. The molecule has 1 heterocycles. The first-order valence-electron chi connectivity index (χ1n) is 7.32. The predicted molar refractivity (Wildman–Crippen MR) is 72.2 cm³/mol. The Bertz CT molecular complexity index is 430. The van der Waals surface area contributed by atoms with Gasteiger partial charge in [-0.2, -0.15) is 0 Å². The molecule has 3 rings (SSSR count).